The molecule has 2 aromatic carbocycles. The average molecular weight is 346 g/mol. The summed E-state index contributed by atoms with van der Waals surface area (Å²) >= 11 is 0. The van der Waals surface area contributed by atoms with Gasteiger partial charge in [-0.25, -0.2) is 14.4 Å². The molecule has 1 aliphatic heterocycles. The largest absolute Gasteiger partial charge is 0.497 e. The zero-order valence-corrected chi connectivity index (χ0v) is 14.0. The third-order valence-electron chi connectivity index (χ3n) is 3.94. The monoisotopic (exact) mass is 346 g/mol. The Labute approximate surface area is 149 Å². The lowest BCUT2D eigenvalue weighted by Gasteiger charge is -2.10. The lowest BCUT2D eigenvalue weighted by molar-refractivity contribution is 0.415. The smallest absolute Gasteiger partial charge is 0.162 e. The Balaban J connectivity index is 1.88. The number of rotatable bonds is 3. The summed E-state index contributed by atoms with van der Waals surface area (Å²) in [6, 6.07) is 15.4. The topological polar surface area (TPSA) is 58.9 Å². The summed E-state index contributed by atoms with van der Waals surface area (Å²) in [7, 11) is 1.61. The second-order valence-corrected chi connectivity index (χ2v) is 5.65. The van der Waals surface area contributed by atoms with Gasteiger partial charge in [0, 0.05) is 29.6 Å². The Morgan fingerprint density at radius 1 is 0.962 bits per heavy atom. The maximum atomic E-state index is 13.3. The Morgan fingerprint density at radius 3 is 2.54 bits per heavy atom. The first-order valence-electron chi connectivity index (χ1n) is 8.02. The molecule has 0 unspecified atom stereocenters. The molecule has 0 radical (unpaired) electrons. The van der Waals surface area contributed by atoms with Crippen LogP contribution in [0.4, 0.5) is 15.8 Å². The standard InChI is InChI=1S/C20H15FN4O/c1-26-16-8-9-17-18(11-16)24-20(14-3-2-10-22-12-14)25-19(23-17)13-4-6-15(21)7-5-13/h2-12H,1H3,(H,23,24,25). The van der Waals surface area contributed by atoms with Crippen molar-refractivity contribution in [1.82, 2.24) is 4.98 Å². The van der Waals surface area contributed by atoms with E-state index in [1.165, 1.54) is 12.1 Å². The Kier molecular flexibility index (Phi) is 4.15. The number of hydrogen-bond donors (Lipinski definition) is 1. The zero-order valence-electron chi connectivity index (χ0n) is 14.0. The SMILES string of the molecule is COc1ccc2c(c1)NC(c1cccnc1)=NC(c1ccc(F)cc1)=N2. The molecule has 1 N–H and O–H groups in total. The van der Waals surface area contributed by atoms with E-state index >= 15 is 0 Å². The number of aromatic nitrogens is 1. The van der Waals surface area contributed by atoms with Crippen molar-refractivity contribution in [2.75, 3.05) is 12.4 Å². The third-order valence-corrected chi connectivity index (χ3v) is 3.94. The molecule has 1 aromatic heterocycles. The minimum Gasteiger partial charge on any atom is -0.497 e. The number of amidine groups is 2. The molecular formula is C20H15FN4O. The lowest BCUT2D eigenvalue weighted by atomic mass is 10.2. The summed E-state index contributed by atoms with van der Waals surface area (Å²) < 4.78 is 18.6. The molecule has 0 bridgehead atoms. The fourth-order valence-corrected chi connectivity index (χ4v) is 2.61. The number of hydrogen-bond acceptors (Lipinski definition) is 5. The van der Waals surface area contributed by atoms with Gasteiger partial charge >= 0.3 is 0 Å². The molecule has 0 fully saturated rings. The maximum absolute atomic E-state index is 13.3. The molecule has 0 atom stereocenters. The van der Waals surface area contributed by atoms with Gasteiger partial charge in [0.1, 0.15) is 17.4 Å². The summed E-state index contributed by atoms with van der Waals surface area (Å²) in [5.41, 5.74) is 3.02. The molecule has 26 heavy (non-hydrogen) atoms. The molecule has 0 saturated heterocycles. The fraction of sp³-hybridized carbons (Fsp3) is 0.0500. The molecule has 0 spiro atoms. The average Bonchev–Trinajstić information content (AvgIpc) is 2.88. The number of methoxy groups -OCH3 is 1. The second-order valence-electron chi connectivity index (χ2n) is 5.65. The minimum absolute atomic E-state index is 0.303. The quantitative estimate of drug-likeness (QED) is 0.774. The molecule has 0 aliphatic carbocycles. The van der Waals surface area contributed by atoms with Crippen molar-refractivity contribution < 1.29 is 9.13 Å². The molecule has 0 amide bonds. The van der Waals surface area contributed by atoms with E-state index in [4.69, 9.17) is 4.74 Å². The normalized spacial score (nSPS) is 13.0. The predicted octanol–water partition coefficient (Wildman–Crippen LogP) is 4.18. The van der Waals surface area contributed by atoms with Crippen LogP contribution in [0.5, 0.6) is 5.75 Å². The highest BCUT2D eigenvalue weighted by Crippen LogP contribution is 2.32. The Morgan fingerprint density at radius 2 is 1.81 bits per heavy atom. The Hall–Kier alpha value is -3.54. The van der Waals surface area contributed by atoms with Crippen LogP contribution in [-0.2, 0) is 0 Å². The number of fused-ring (bicyclic) bond motifs is 1. The van der Waals surface area contributed by atoms with Gasteiger partial charge in [0.15, 0.2) is 5.84 Å². The van der Waals surface area contributed by atoms with E-state index in [-0.39, 0.29) is 5.82 Å². The summed E-state index contributed by atoms with van der Waals surface area (Å²) in [5.74, 6) is 1.50. The molecule has 4 rings (SSSR count). The van der Waals surface area contributed by atoms with Crippen LogP contribution < -0.4 is 10.1 Å². The van der Waals surface area contributed by atoms with Gasteiger partial charge < -0.3 is 10.1 Å². The number of anilines is 1. The first-order valence-corrected chi connectivity index (χ1v) is 8.02. The molecule has 3 aromatic rings. The molecule has 1 aliphatic rings. The van der Waals surface area contributed by atoms with E-state index in [0.717, 1.165) is 16.8 Å². The number of halogens is 1. The van der Waals surface area contributed by atoms with Crippen LogP contribution in [0, 0.1) is 5.82 Å². The molecular weight excluding hydrogens is 331 g/mol. The van der Waals surface area contributed by atoms with Gasteiger partial charge in [-0.1, -0.05) is 0 Å². The van der Waals surface area contributed by atoms with Crippen molar-refractivity contribution in [3.8, 4) is 5.75 Å². The van der Waals surface area contributed by atoms with Gasteiger partial charge in [-0.3, -0.25) is 4.98 Å². The number of nitrogens with one attached hydrogen (secondary N) is 1. The molecule has 2 heterocycles. The predicted molar refractivity (Wildman–Crippen MR) is 100.0 cm³/mol. The van der Waals surface area contributed by atoms with E-state index in [2.05, 4.69) is 20.3 Å². The van der Waals surface area contributed by atoms with Crippen molar-refractivity contribution in [3.05, 3.63) is 83.9 Å². The van der Waals surface area contributed by atoms with E-state index in [1.807, 2.05) is 30.3 Å². The van der Waals surface area contributed by atoms with Crippen LogP contribution in [0.25, 0.3) is 0 Å². The zero-order chi connectivity index (χ0) is 17.9. The van der Waals surface area contributed by atoms with Crippen molar-refractivity contribution in [3.63, 3.8) is 0 Å². The number of nitrogens with zero attached hydrogens (tertiary/aromatic N) is 3. The van der Waals surface area contributed by atoms with Gasteiger partial charge in [-0.2, -0.15) is 0 Å². The second kappa shape index (κ2) is 6.76. The molecule has 0 saturated carbocycles. The van der Waals surface area contributed by atoms with Crippen LogP contribution >= 0.6 is 0 Å². The van der Waals surface area contributed by atoms with Crippen LogP contribution in [0.2, 0.25) is 0 Å². The van der Waals surface area contributed by atoms with Gasteiger partial charge in [-0.15, -0.1) is 0 Å². The van der Waals surface area contributed by atoms with Gasteiger partial charge in [0.2, 0.25) is 0 Å². The van der Waals surface area contributed by atoms with Crippen LogP contribution in [0.1, 0.15) is 11.1 Å². The summed E-state index contributed by atoms with van der Waals surface area (Å²) in [5, 5.41) is 3.30. The first kappa shape index (κ1) is 16.0. The van der Waals surface area contributed by atoms with Crippen LogP contribution in [0.15, 0.2) is 77.0 Å². The molecule has 6 heteroatoms. The summed E-state index contributed by atoms with van der Waals surface area (Å²) in [6.07, 6.45) is 3.42. The summed E-state index contributed by atoms with van der Waals surface area (Å²) in [6.45, 7) is 0. The Bertz CT molecular complexity index is 998. The van der Waals surface area contributed by atoms with E-state index in [9.17, 15) is 4.39 Å². The number of benzene rings is 2. The minimum atomic E-state index is -0.303. The van der Waals surface area contributed by atoms with Crippen molar-refractivity contribution in [1.29, 1.82) is 0 Å². The van der Waals surface area contributed by atoms with E-state index in [0.29, 0.717) is 23.1 Å². The highest BCUT2D eigenvalue weighted by Gasteiger charge is 2.16. The van der Waals surface area contributed by atoms with Gasteiger partial charge in [0.05, 0.1) is 18.5 Å². The fourth-order valence-electron chi connectivity index (χ4n) is 2.61. The van der Waals surface area contributed by atoms with Crippen LogP contribution in [0.3, 0.4) is 0 Å². The first-order chi connectivity index (χ1) is 12.7. The van der Waals surface area contributed by atoms with Crippen molar-refractivity contribution in [2.45, 2.75) is 0 Å². The lowest BCUT2D eigenvalue weighted by Crippen LogP contribution is -2.15. The highest BCUT2D eigenvalue weighted by molar-refractivity contribution is 6.19. The number of ether oxygens (including phenoxy) is 1. The van der Waals surface area contributed by atoms with E-state index in [1.54, 1.807) is 31.6 Å². The van der Waals surface area contributed by atoms with Crippen LogP contribution in [-0.4, -0.2) is 23.8 Å². The number of aliphatic imine (C=N–C) groups is 2. The maximum Gasteiger partial charge on any atom is 0.162 e. The van der Waals surface area contributed by atoms with Gasteiger partial charge in [0.25, 0.3) is 0 Å². The highest BCUT2D eigenvalue weighted by atomic mass is 19.1. The molecule has 5 nitrogen and oxygen atoms in total. The van der Waals surface area contributed by atoms with Gasteiger partial charge in [-0.05, 0) is 48.5 Å². The third kappa shape index (κ3) is 3.17. The molecule has 128 valence electrons. The van der Waals surface area contributed by atoms with Crippen molar-refractivity contribution in [2.24, 2.45) is 9.98 Å². The van der Waals surface area contributed by atoms with Crippen molar-refractivity contribution >= 4 is 23.0 Å². The number of pyridine rings is 1. The van der Waals surface area contributed by atoms with E-state index < -0.39 is 0 Å². The summed E-state index contributed by atoms with van der Waals surface area (Å²) in [4.78, 5) is 13.5.